The minimum Gasteiger partial charge on any atom is -0.337 e. The lowest BCUT2D eigenvalue weighted by molar-refractivity contribution is 0.0700. The van der Waals surface area contributed by atoms with E-state index in [1.54, 1.807) is 0 Å². The van der Waals surface area contributed by atoms with Gasteiger partial charge in [0.2, 0.25) is 0 Å². The number of likely N-dealkylation sites (tertiary alicyclic amines) is 1. The molecule has 0 radical (unpaired) electrons. The fraction of sp³-hybridized carbons (Fsp3) is 0.474. The van der Waals surface area contributed by atoms with Crippen LogP contribution in [0.15, 0.2) is 29.6 Å². The molecule has 1 N–H and O–H groups in total. The SMILES string of the molecule is O=C(c1csc(-c2ccc(Cl)cc2)n1)N1CCC(NCC2CC2)CC1. The van der Waals surface area contributed by atoms with E-state index in [0.29, 0.717) is 16.8 Å². The maximum absolute atomic E-state index is 12.7. The molecule has 0 atom stereocenters. The highest BCUT2D eigenvalue weighted by Crippen LogP contribution is 2.28. The van der Waals surface area contributed by atoms with Crippen molar-refractivity contribution in [2.75, 3.05) is 19.6 Å². The highest BCUT2D eigenvalue weighted by atomic mass is 35.5. The van der Waals surface area contributed by atoms with Crippen molar-refractivity contribution in [2.24, 2.45) is 5.92 Å². The number of benzene rings is 1. The Morgan fingerprint density at radius 2 is 1.92 bits per heavy atom. The monoisotopic (exact) mass is 375 g/mol. The quantitative estimate of drug-likeness (QED) is 0.856. The summed E-state index contributed by atoms with van der Waals surface area (Å²) in [5.41, 5.74) is 1.55. The molecule has 2 aromatic rings. The lowest BCUT2D eigenvalue weighted by Gasteiger charge is -2.32. The van der Waals surface area contributed by atoms with Crippen LogP contribution in [0, 0.1) is 5.92 Å². The fourth-order valence-corrected chi connectivity index (χ4v) is 4.13. The van der Waals surface area contributed by atoms with Crippen LogP contribution in [-0.4, -0.2) is 41.5 Å². The molecule has 1 aromatic carbocycles. The molecular formula is C19H22ClN3OS. The van der Waals surface area contributed by atoms with Crippen LogP contribution in [0.2, 0.25) is 5.02 Å². The molecule has 1 aliphatic carbocycles. The average molecular weight is 376 g/mol. The van der Waals surface area contributed by atoms with E-state index in [1.807, 2.05) is 34.5 Å². The Morgan fingerprint density at radius 1 is 1.20 bits per heavy atom. The van der Waals surface area contributed by atoms with Crippen LogP contribution < -0.4 is 5.32 Å². The van der Waals surface area contributed by atoms with E-state index >= 15 is 0 Å². The largest absolute Gasteiger partial charge is 0.337 e. The molecule has 1 aromatic heterocycles. The summed E-state index contributed by atoms with van der Waals surface area (Å²) in [6.07, 6.45) is 4.83. The average Bonchev–Trinajstić information content (AvgIpc) is 3.35. The van der Waals surface area contributed by atoms with Gasteiger partial charge in [0.15, 0.2) is 0 Å². The van der Waals surface area contributed by atoms with Crippen molar-refractivity contribution in [2.45, 2.75) is 31.7 Å². The molecule has 2 heterocycles. The van der Waals surface area contributed by atoms with Crippen molar-refractivity contribution in [3.8, 4) is 10.6 Å². The number of rotatable bonds is 5. The molecule has 132 valence electrons. The number of halogens is 1. The summed E-state index contributed by atoms with van der Waals surface area (Å²) in [5, 5.41) is 7.08. The fourth-order valence-electron chi connectivity index (χ4n) is 3.20. The zero-order valence-corrected chi connectivity index (χ0v) is 15.7. The van der Waals surface area contributed by atoms with E-state index in [0.717, 1.165) is 49.0 Å². The Balaban J connectivity index is 1.34. The van der Waals surface area contributed by atoms with E-state index in [1.165, 1.54) is 24.2 Å². The smallest absolute Gasteiger partial charge is 0.273 e. The highest BCUT2D eigenvalue weighted by Gasteiger charge is 2.27. The van der Waals surface area contributed by atoms with Gasteiger partial charge in [-0.25, -0.2) is 4.98 Å². The third-order valence-corrected chi connectivity index (χ3v) is 6.13. The summed E-state index contributed by atoms with van der Waals surface area (Å²) in [4.78, 5) is 19.2. The van der Waals surface area contributed by atoms with Crippen molar-refractivity contribution in [1.82, 2.24) is 15.2 Å². The van der Waals surface area contributed by atoms with Crippen LogP contribution in [0.5, 0.6) is 0 Å². The van der Waals surface area contributed by atoms with Gasteiger partial charge in [0.1, 0.15) is 10.7 Å². The summed E-state index contributed by atoms with van der Waals surface area (Å²) < 4.78 is 0. The zero-order valence-electron chi connectivity index (χ0n) is 14.1. The minimum atomic E-state index is 0.0529. The Morgan fingerprint density at radius 3 is 2.60 bits per heavy atom. The standard InChI is InChI=1S/C19H22ClN3OS/c20-15-5-3-14(4-6-15)18-22-17(12-25-18)19(24)23-9-7-16(8-10-23)21-11-13-1-2-13/h3-6,12-13,16,21H,1-2,7-11H2. The normalized spacial score (nSPS) is 18.5. The number of hydrogen-bond donors (Lipinski definition) is 1. The number of hydrogen-bond acceptors (Lipinski definition) is 4. The Kier molecular flexibility index (Phi) is 5.06. The summed E-state index contributed by atoms with van der Waals surface area (Å²) in [7, 11) is 0. The van der Waals surface area contributed by atoms with Crippen LogP contribution >= 0.6 is 22.9 Å². The van der Waals surface area contributed by atoms with Gasteiger partial charge in [-0.05, 0) is 50.3 Å². The number of amides is 1. The molecule has 1 amide bonds. The molecule has 0 unspecified atom stereocenters. The van der Waals surface area contributed by atoms with Gasteiger partial charge in [-0.2, -0.15) is 0 Å². The topological polar surface area (TPSA) is 45.2 Å². The summed E-state index contributed by atoms with van der Waals surface area (Å²) in [6.45, 7) is 2.78. The molecule has 2 aliphatic rings. The first-order chi connectivity index (χ1) is 12.2. The van der Waals surface area contributed by atoms with E-state index in [2.05, 4.69) is 10.3 Å². The molecule has 0 bridgehead atoms. The van der Waals surface area contributed by atoms with Crippen molar-refractivity contribution in [3.05, 3.63) is 40.4 Å². The summed E-state index contributed by atoms with van der Waals surface area (Å²) in [6, 6.07) is 8.13. The molecule has 2 fully saturated rings. The second-order valence-corrected chi connectivity index (χ2v) is 8.26. The zero-order chi connectivity index (χ0) is 17.2. The van der Waals surface area contributed by atoms with Crippen LogP contribution in [0.25, 0.3) is 10.6 Å². The van der Waals surface area contributed by atoms with E-state index in [9.17, 15) is 4.79 Å². The summed E-state index contributed by atoms with van der Waals surface area (Å²) in [5.74, 6) is 0.957. The molecule has 4 rings (SSSR count). The second-order valence-electron chi connectivity index (χ2n) is 6.96. The molecule has 4 nitrogen and oxygen atoms in total. The molecule has 6 heteroatoms. The third-order valence-electron chi connectivity index (χ3n) is 4.99. The van der Waals surface area contributed by atoms with Gasteiger partial charge < -0.3 is 10.2 Å². The Hall–Kier alpha value is -1.43. The first-order valence-electron chi connectivity index (χ1n) is 8.93. The van der Waals surface area contributed by atoms with Gasteiger partial charge >= 0.3 is 0 Å². The number of carbonyl (C=O) groups is 1. The Bertz CT molecular complexity index is 733. The van der Waals surface area contributed by atoms with Crippen molar-refractivity contribution >= 4 is 28.8 Å². The van der Waals surface area contributed by atoms with Crippen LogP contribution in [-0.2, 0) is 0 Å². The third kappa shape index (κ3) is 4.22. The predicted molar refractivity (Wildman–Crippen MR) is 102 cm³/mol. The number of aromatic nitrogens is 1. The molecule has 1 saturated carbocycles. The lowest BCUT2D eigenvalue weighted by Crippen LogP contribution is -2.45. The van der Waals surface area contributed by atoms with Gasteiger partial charge in [-0.3, -0.25) is 4.79 Å². The maximum Gasteiger partial charge on any atom is 0.273 e. The van der Waals surface area contributed by atoms with Gasteiger partial charge in [-0.15, -0.1) is 11.3 Å². The van der Waals surface area contributed by atoms with E-state index < -0.39 is 0 Å². The molecule has 0 spiro atoms. The Labute approximate surface area is 157 Å². The molecule has 25 heavy (non-hydrogen) atoms. The van der Waals surface area contributed by atoms with Crippen molar-refractivity contribution in [3.63, 3.8) is 0 Å². The number of nitrogens with zero attached hydrogens (tertiary/aromatic N) is 2. The second kappa shape index (κ2) is 7.44. The van der Waals surface area contributed by atoms with E-state index in [-0.39, 0.29) is 5.91 Å². The predicted octanol–water partition coefficient (Wildman–Crippen LogP) is 4.07. The molecule has 1 saturated heterocycles. The minimum absolute atomic E-state index is 0.0529. The first kappa shape index (κ1) is 17.0. The van der Waals surface area contributed by atoms with Crippen LogP contribution in [0.1, 0.15) is 36.2 Å². The highest BCUT2D eigenvalue weighted by molar-refractivity contribution is 7.13. The summed E-state index contributed by atoms with van der Waals surface area (Å²) >= 11 is 7.43. The molecule has 1 aliphatic heterocycles. The van der Waals surface area contributed by atoms with Crippen LogP contribution in [0.4, 0.5) is 0 Å². The van der Waals surface area contributed by atoms with Gasteiger partial charge in [-0.1, -0.05) is 23.7 Å². The lowest BCUT2D eigenvalue weighted by atomic mass is 10.0. The molecular weight excluding hydrogens is 354 g/mol. The van der Waals surface area contributed by atoms with Gasteiger partial charge in [0.05, 0.1) is 0 Å². The number of thiazole rings is 1. The number of piperidine rings is 1. The van der Waals surface area contributed by atoms with Crippen LogP contribution in [0.3, 0.4) is 0 Å². The van der Waals surface area contributed by atoms with E-state index in [4.69, 9.17) is 11.6 Å². The van der Waals surface area contributed by atoms with Crippen molar-refractivity contribution < 1.29 is 4.79 Å². The first-order valence-corrected chi connectivity index (χ1v) is 10.2. The van der Waals surface area contributed by atoms with Crippen molar-refractivity contribution in [1.29, 1.82) is 0 Å². The number of carbonyl (C=O) groups excluding carboxylic acids is 1. The number of nitrogens with one attached hydrogen (secondary N) is 1. The van der Waals surface area contributed by atoms with Gasteiger partial charge in [0.25, 0.3) is 5.91 Å². The maximum atomic E-state index is 12.7. The van der Waals surface area contributed by atoms with Gasteiger partial charge in [0, 0.05) is 35.1 Å².